The molecule has 0 amide bonds. The van der Waals surface area contributed by atoms with Crippen LogP contribution in [0.2, 0.25) is 0 Å². The van der Waals surface area contributed by atoms with E-state index in [0.717, 1.165) is 6.54 Å². The summed E-state index contributed by atoms with van der Waals surface area (Å²) in [6, 6.07) is 1.72. The van der Waals surface area contributed by atoms with Crippen molar-refractivity contribution in [2.45, 2.75) is 46.7 Å². The molecule has 0 saturated carbocycles. The Morgan fingerprint density at radius 2 is 2.00 bits per heavy atom. The minimum Gasteiger partial charge on any atom is -0.367 e. The number of halogens is 1. The summed E-state index contributed by atoms with van der Waals surface area (Å²) >= 11 is 0. The van der Waals surface area contributed by atoms with Crippen LogP contribution in [-0.2, 0) is 6.54 Å². The van der Waals surface area contributed by atoms with Gasteiger partial charge in [0.05, 0.1) is 0 Å². The quantitative estimate of drug-likeness (QED) is 0.846. The van der Waals surface area contributed by atoms with E-state index in [0.29, 0.717) is 23.8 Å². The largest absolute Gasteiger partial charge is 0.367 e. The lowest BCUT2D eigenvalue weighted by molar-refractivity contribution is 0.418. The highest BCUT2D eigenvalue weighted by Crippen LogP contribution is 2.16. The maximum Gasteiger partial charge on any atom is 0.169 e. The molecule has 1 heterocycles. The maximum atomic E-state index is 14.1. The van der Waals surface area contributed by atoms with E-state index < -0.39 is 0 Å². The molecule has 0 atom stereocenters. The minimum absolute atomic E-state index is 0.0266. The van der Waals surface area contributed by atoms with Gasteiger partial charge in [-0.3, -0.25) is 0 Å². The van der Waals surface area contributed by atoms with Crippen molar-refractivity contribution >= 4 is 5.82 Å². The summed E-state index contributed by atoms with van der Waals surface area (Å²) < 4.78 is 14.1. The van der Waals surface area contributed by atoms with Crippen LogP contribution < -0.4 is 10.6 Å². The van der Waals surface area contributed by atoms with Crippen molar-refractivity contribution < 1.29 is 4.39 Å². The molecule has 4 heteroatoms. The monoisotopic (exact) mass is 253 g/mol. The van der Waals surface area contributed by atoms with E-state index in [2.05, 4.69) is 50.2 Å². The van der Waals surface area contributed by atoms with Gasteiger partial charge in [-0.05, 0) is 32.8 Å². The Morgan fingerprint density at radius 3 is 2.56 bits per heavy atom. The normalized spacial score (nSPS) is 11.9. The zero-order valence-electron chi connectivity index (χ0n) is 12.0. The van der Waals surface area contributed by atoms with Crippen molar-refractivity contribution in [2.24, 2.45) is 5.92 Å². The van der Waals surface area contributed by atoms with Crippen LogP contribution in [0.25, 0.3) is 0 Å². The van der Waals surface area contributed by atoms with Gasteiger partial charge in [-0.2, -0.15) is 0 Å². The molecule has 0 aromatic carbocycles. The van der Waals surface area contributed by atoms with Crippen LogP contribution in [0.15, 0.2) is 12.3 Å². The third-order valence-corrected chi connectivity index (χ3v) is 2.46. The SMILES string of the molecule is CC(C)CNc1nccc(CNC(C)(C)C)c1F. The lowest BCUT2D eigenvalue weighted by atomic mass is 10.1. The maximum absolute atomic E-state index is 14.1. The van der Waals surface area contributed by atoms with Crippen LogP contribution >= 0.6 is 0 Å². The third kappa shape index (κ3) is 5.00. The van der Waals surface area contributed by atoms with Crippen LogP contribution in [0.3, 0.4) is 0 Å². The van der Waals surface area contributed by atoms with Crippen molar-refractivity contribution in [1.29, 1.82) is 0 Å². The summed E-state index contributed by atoms with van der Waals surface area (Å²) in [7, 11) is 0. The molecule has 0 radical (unpaired) electrons. The topological polar surface area (TPSA) is 37.0 Å². The first-order valence-corrected chi connectivity index (χ1v) is 6.42. The number of nitrogens with zero attached hydrogens (tertiary/aromatic N) is 1. The molecule has 1 aromatic rings. The average Bonchev–Trinajstić information content (AvgIpc) is 2.24. The van der Waals surface area contributed by atoms with E-state index in [1.54, 1.807) is 12.3 Å². The van der Waals surface area contributed by atoms with Crippen LogP contribution in [0.4, 0.5) is 10.2 Å². The van der Waals surface area contributed by atoms with E-state index in [4.69, 9.17) is 0 Å². The number of nitrogens with one attached hydrogen (secondary N) is 2. The smallest absolute Gasteiger partial charge is 0.169 e. The van der Waals surface area contributed by atoms with Crippen molar-refractivity contribution in [3.05, 3.63) is 23.6 Å². The lowest BCUT2D eigenvalue weighted by Crippen LogP contribution is -2.35. The Bertz CT molecular complexity index is 383. The molecule has 2 N–H and O–H groups in total. The summed E-state index contributed by atoms with van der Waals surface area (Å²) in [6.45, 7) is 11.6. The molecule has 0 fully saturated rings. The van der Waals surface area contributed by atoms with Crippen LogP contribution in [0, 0.1) is 11.7 Å². The van der Waals surface area contributed by atoms with Gasteiger partial charge >= 0.3 is 0 Å². The lowest BCUT2D eigenvalue weighted by Gasteiger charge is -2.21. The van der Waals surface area contributed by atoms with E-state index in [9.17, 15) is 4.39 Å². The van der Waals surface area contributed by atoms with Crippen LogP contribution in [0.5, 0.6) is 0 Å². The molecule has 0 unspecified atom stereocenters. The standard InChI is InChI=1S/C14H24FN3/c1-10(2)8-17-13-12(15)11(6-7-16-13)9-18-14(3,4)5/h6-7,10,18H,8-9H2,1-5H3,(H,16,17). The highest BCUT2D eigenvalue weighted by Gasteiger charge is 2.13. The molecule has 0 saturated heterocycles. The third-order valence-electron chi connectivity index (χ3n) is 2.46. The van der Waals surface area contributed by atoms with Gasteiger partial charge in [-0.25, -0.2) is 9.37 Å². The molecular weight excluding hydrogens is 229 g/mol. The first kappa shape index (κ1) is 14.9. The molecule has 0 aliphatic carbocycles. The number of rotatable bonds is 5. The molecule has 0 aliphatic rings. The highest BCUT2D eigenvalue weighted by atomic mass is 19.1. The fraction of sp³-hybridized carbons (Fsp3) is 0.643. The van der Waals surface area contributed by atoms with Crippen molar-refractivity contribution in [1.82, 2.24) is 10.3 Å². The molecule has 102 valence electrons. The second-order valence-electron chi connectivity index (χ2n) is 6.01. The van der Waals surface area contributed by atoms with Crippen LogP contribution in [-0.4, -0.2) is 17.1 Å². The van der Waals surface area contributed by atoms with Crippen molar-refractivity contribution in [2.75, 3.05) is 11.9 Å². The first-order chi connectivity index (χ1) is 8.29. The summed E-state index contributed by atoms with van der Waals surface area (Å²) in [5, 5.41) is 6.31. The summed E-state index contributed by atoms with van der Waals surface area (Å²) in [4.78, 5) is 4.04. The van der Waals surface area contributed by atoms with Gasteiger partial charge in [0.1, 0.15) is 0 Å². The minimum atomic E-state index is -0.255. The van der Waals surface area contributed by atoms with Gasteiger partial charge in [0.2, 0.25) is 0 Å². The molecule has 0 bridgehead atoms. The summed E-state index contributed by atoms with van der Waals surface area (Å²) in [5.41, 5.74) is 0.618. The Balaban J connectivity index is 2.72. The Hall–Kier alpha value is -1.16. The summed E-state index contributed by atoms with van der Waals surface area (Å²) in [6.07, 6.45) is 1.64. The van der Waals surface area contributed by atoms with E-state index in [1.807, 2.05) is 0 Å². The Labute approximate surface area is 109 Å². The highest BCUT2D eigenvalue weighted by molar-refractivity contribution is 5.39. The number of hydrogen-bond donors (Lipinski definition) is 2. The fourth-order valence-electron chi connectivity index (χ4n) is 1.40. The van der Waals surface area contributed by atoms with Gasteiger partial charge in [0.15, 0.2) is 11.6 Å². The second-order valence-corrected chi connectivity index (χ2v) is 6.01. The molecule has 1 rings (SSSR count). The van der Waals surface area contributed by atoms with E-state index in [1.165, 1.54) is 0 Å². The van der Waals surface area contributed by atoms with Gasteiger partial charge in [0, 0.05) is 30.4 Å². The van der Waals surface area contributed by atoms with E-state index >= 15 is 0 Å². The Kier molecular flexibility index (Phi) is 5.08. The average molecular weight is 253 g/mol. The number of aromatic nitrogens is 1. The molecular formula is C14H24FN3. The number of anilines is 1. The van der Waals surface area contributed by atoms with Gasteiger partial charge in [-0.1, -0.05) is 13.8 Å². The molecule has 3 nitrogen and oxygen atoms in total. The molecule has 1 aromatic heterocycles. The van der Waals surface area contributed by atoms with Gasteiger partial charge in [0.25, 0.3) is 0 Å². The van der Waals surface area contributed by atoms with Crippen molar-refractivity contribution in [3.63, 3.8) is 0 Å². The number of hydrogen-bond acceptors (Lipinski definition) is 3. The van der Waals surface area contributed by atoms with E-state index in [-0.39, 0.29) is 11.4 Å². The van der Waals surface area contributed by atoms with Crippen molar-refractivity contribution in [3.8, 4) is 0 Å². The fourth-order valence-corrected chi connectivity index (χ4v) is 1.40. The van der Waals surface area contributed by atoms with Gasteiger partial charge < -0.3 is 10.6 Å². The van der Waals surface area contributed by atoms with Crippen LogP contribution in [0.1, 0.15) is 40.2 Å². The molecule has 18 heavy (non-hydrogen) atoms. The first-order valence-electron chi connectivity index (χ1n) is 6.42. The zero-order valence-corrected chi connectivity index (χ0v) is 12.0. The molecule has 0 spiro atoms. The zero-order chi connectivity index (χ0) is 13.8. The summed E-state index contributed by atoms with van der Waals surface area (Å²) in [5.74, 6) is 0.550. The second kappa shape index (κ2) is 6.14. The number of pyridine rings is 1. The molecule has 0 aliphatic heterocycles. The predicted octanol–water partition coefficient (Wildman–Crippen LogP) is 3.18. The predicted molar refractivity (Wildman–Crippen MR) is 74.1 cm³/mol. The Morgan fingerprint density at radius 1 is 1.33 bits per heavy atom. The van der Waals surface area contributed by atoms with Gasteiger partial charge in [-0.15, -0.1) is 0 Å².